The van der Waals surface area contributed by atoms with Crippen LogP contribution in [0.2, 0.25) is 0 Å². The molecule has 0 unspecified atom stereocenters. The van der Waals surface area contributed by atoms with Gasteiger partial charge in [-0.25, -0.2) is 12.8 Å². The van der Waals surface area contributed by atoms with Gasteiger partial charge in [-0.3, -0.25) is 4.79 Å². The summed E-state index contributed by atoms with van der Waals surface area (Å²) < 4.78 is 41.6. The van der Waals surface area contributed by atoms with E-state index >= 15 is 0 Å². The number of halogens is 1. The van der Waals surface area contributed by atoms with Crippen LogP contribution >= 0.6 is 0 Å². The third-order valence-corrected chi connectivity index (χ3v) is 6.46. The normalized spacial score (nSPS) is 18.0. The number of hydrogen-bond donors (Lipinski definition) is 1. The summed E-state index contributed by atoms with van der Waals surface area (Å²) in [6, 6.07) is 11.9. The molecule has 0 saturated carbocycles. The van der Waals surface area contributed by atoms with Crippen molar-refractivity contribution in [2.24, 2.45) is 0 Å². The minimum atomic E-state index is -3.75. The first-order valence-electron chi connectivity index (χ1n) is 8.59. The van der Waals surface area contributed by atoms with Crippen LogP contribution in [-0.2, 0) is 14.8 Å². The molecule has 1 aliphatic rings. The Labute approximate surface area is 152 Å². The molecular formula is C19H21FN2O3S. The van der Waals surface area contributed by atoms with Crippen molar-refractivity contribution in [1.29, 1.82) is 0 Å². The summed E-state index contributed by atoms with van der Waals surface area (Å²) in [6.45, 7) is 2.10. The van der Waals surface area contributed by atoms with E-state index in [9.17, 15) is 17.6 Å². The van der Waals surface area contributed by atoms with E-state index in [2.05, 4.69) is 5.32 Å². The molecule has 1 aliphatic heterocycles. The Bertz CT molecular complexity index is 897. The summed E-state index contributed by atoms with van der Waals surface area (Å²) in [5, 5.41) is 2.68. The van der Waals surface area contributed by atoms with Crippen LogP contribution in [0.15, 0.2) is 53.4 Å². The average molecular weight is 376 g/mol. The highest BCUT2D eigenvalue weighted by Crippen LogP contribution is 2.37. The lowest BCUT2D eigenvalue weighted by Crippen LogP contribution is -2.31. The number of nitrogens with zero attached hydrogens (tertiary/aromatic N) is 1. The van der Waals surface area contributed by atoms with Gasteiger partial charge in [-0.1, -0.05) is 25.1 Å². The van der Waals surface area contributed by atoms with Gasteiger partial charge in [0.15, 0.2) is 0 Å². The zero-order valence-electron chi connectivity index (χ0n) is 14.5. The Kier molecular flexibility index (Phi) is 5.38. The second-order valence-corrected chi connectivity index (χ2v) is 8.11. The van der Waals surface area contributed by atoms with Crippen LogP contribution in [0.5, 0.6) is 0 Å². The molecule has 26 heavy (non-hydrogen) atoms. The van der Waals surface area contributed by atoms with Gasteiger partial charge in [-0.15, -0.1) is 0 Å². The minimum absolute atomic E-state index is 0.134. The lowest BCUT2D eigenvalue weighted by molar-refractivity contribution is -0.115. The quantitative estimate of drug-likeness (QED) is 0.865. The highest BCUT2D eigenvalue weighted by atomic mass is 32.2. The van der Waals surface area contributed by atoms with Gasteiger partial charge in [-0.2, -0.15) is 4.31 Å². The Morgan fingerprint density at radius 3 is 2.54 bits per heavy atom. The molecule has 7 heteroatoms. The monoisotopic (exact) mass is 376 g/mol. The predicted molar refractivity (Wildman–Crippen MR) is 97.6 cm³/mol. The molecule has 1 heterocycles. The lowest BCUT2D eigenvalue weighted by atomic mass is 10.1. The van der Waals surface area contributed by atoms with Crippen LogP contribution < -0.4 is 5.32 Å². The van der Waals surface area contributed by atoms with E-state index in [1.54, 1.807) is 37.3 Å². The van der Waals surface area contributed by atoms with Crippen LogP contribution in [0.3, 0.4) is 0 Å². The molecule has 1 N–H and O–H groups in total. The maximum Gasteiger partial charge on any atom is 0.243 e. The molecule has 1 fully saturated rings. The van der Waals surface area contributed by atoms with Crippen LogP contribution in [0.4, 0.5) is 10.1 Å². The van der Waals surface area contributed by atoms with E-state index in [0.717, 1.165) is 0 Å². The average Bonchev–Trinajstić information content (AvgIpc) is 3.13. The molecule has 5 nitrogen and oxygen atoms in total. The summed E-state index contributed by atoms with van der Waals surface area (Å²) >= 11 is 0. The molecule has 0 radical (unpaired) electrons. The number of anilines is 1. The Hall–Kier alpha value is -2.25. The Morgan fingerprint density at radius 1 is 1.19 bits per heavy atom. The van der Waals surface area contributed by atoms with Crippen molar-refractivity contribution in [3.63, 3.8) is 0 Å². The molecule has 1 saturated heterocycles. The summed E-state index contributed by atoms with van der Waals surface area (Å²) in [7, 11) is -3.75. The topological polar surface area (TPSA) is 66.5 Å². The van der Waals surface area contributed by atoms with E-state index in [0.29, 0.717) is 37.1 Å². The number of carbonyl (C=O) groups is 1. The fraction of sp³-hybridized carbons (Fsp3) is 0.316. The third kappa shape index (κ3) is 3.64. The molecule has 1 atom stereocenters. The zero-order chi connectivity index (χ0) is 18.7. The van der Waals surface area contributed by atoms with Crippen molar-refractivity contribution in [2.75, 3.05) is 11.9 Å². The van der Waals surface area contributed by atoms with Crippen molar-refractivity contribution >= 4 is 21.6 Å². The third-order valence-electron chi connectivity index (χ3n) is 4.53. The van der Waals surface area contributed by atoms with Gasteiger partial charge in [0.25, 0.3) is 0 Å². The van der Waals surface area contributed by atoms with E-state index < -0.39 is 21.9 Å². The molecular weight excluding hydrogens is 355 g/mol. The van der Waals surface area contributed by atoms with Gasteiger partial charge in [0.05, 0.1) is 10.9 Å². The molecule has 2 aromatic carbocycles. The van der Waals surface area contributed by atoms with Crippen LogP contribution in [0.1, 0.15) is 37.8 Å². The van der Waals surface area contributed by atoms with E-state index in [1.165, 1.54) is 22.5 Å². The minimum Gasteiger partial charge on any atom is -0.326 e. The predicted octanol–water partition coefficient (Wildman–Crippen LogP) is 3.70. The first-order valence-corrected chi connectivity index (χ1v) is 10.0. The second kappa shape index (κ2) is 7.55. The van der Waals surface area contributed by atoms with E-state index in [-0.39, 0.29) is 10.8 Å². The molecule has 0 bridgehead atoms. The number of carbonyl (C=O) groups excluding carboxylic acids is 1. The zero-order valence-corrected chi connectivity index (χ0v) is 15.3. The molecule has 138 valence electrons. The maximum absolute atomic E-state index is 14.2. The standard InChI is InChI=1S/C19H21FN2O3S/c1-2-19(23)21-14-9-11-15(12-10-14)26(24,25)22-13-5-8-18(22)16-6-3-4-7-17(16)20/h3-4,6-7,9-12,18H,2,5,8,13H2,1H3,(H,21,23)/t18-/m0/s1. The number of benzene rings is 2. The fourth-order valence-electron chi connectivity index (χ4n) is 3.18. The van der Waals surface area contributed by atoms with Gasteiger partial charge in [0.2, 0.25) is 15.9 Å². The Morgan fingerprint density at radius 2 is 1.88 bits per heavy atom. The number of rotatable bonds is 5. The van der Waals surface area contributed by atoms with Crippen molar-refractivity contribution in [3.05, 3.63) is 59.9 Å². The van der Waals surface area contributed by atoms with Crippen molar-refractivity contribution in [2.45, 2.75) is 37.1 Å². The highest BCUT2D eigenvalue weighted by molar-refractivity contribution is 7.89. The first kappa shape index (κ1) is 18.5. The SMILES string of the molecule is CCC(=O)Nc1ccc(S(=O)(=O)N2CCC[C@H]2c2ccccc2F)cc1. The molecule has 3 rings (SSSR count). The summed E-state index contributed by atoms with van der Waals surface area (Å²) in [4.78, 5) is 11.6. The van der Waals surface area contributed by atoms with Gasteiger partial charge >= 0.3 is 0 Å². The second-order valence-electron chi connectivity index (χ2n) is 6.22. The van der Waals surface area contributed by atoms with Gasteiger partial charge < -0.3 is 5.32 Å². The smallest absolute Gasteiger partial charge is 0.243 e. The molecule has 0 aromatic heterocycles. The van der Waals surface area contributed by atoms with Crippen molar-refractivity contribution in [3.8, 4) is 0 Å². The molecule has 0 spiro atoms. The summed E-state index contributed by atoms with van der Waals surface area (Å²) in [6.07, 6.45) is 1.62. The largest absolute Gasteiger partial charge is 0.326 e. The van der Waals surface area contributed by atoms with Crippen LogP contribution in [0, 0.1) is 5.82 Å². The van der Waals surface area contributed by atoms with Gasteiger partial charge in [0.1, 0.15) is 5.82 Å². The molecule has 1 amide bonds. The fourth-order valence-corrected chi connectivity index (χ4v) is 4.85. The van der Waals surface area contributed by atoms with Crippen molar-refractivity contribution < 1.29 is 17.6 Å². The van der Waals surface area contributed by atoms with Gasteiger partial charge in [-0.05, 0) is 43.2 Å². The van der Waals surface area contributed by atoms with Crippen LogP contribution in [0.25, 0.3) is 0 Å². The summed E-state index contributed by atoms with van der Waals surface area (Å²) in [5.41, 5.74) is 0.947. The van der Waals surface area contributed by atoms with E-state index in [1.807, 2.05) is 0 Å². The molecule has 0 aliphatic carbocycles. The van der Waals surface area contributed by atoms with Gasteiger partial charge in [0, 0.05) is 24.2 Å². The maximum atomic E-state index is 14.2. The summed E-state index contributed by atoms with van der Waals surface area (Å²) in [5.74, 6) is -0.531. The molecule has 2 aromatic rings. The van der Waals surface area contributed by atoms with Crippen molar-refractivity contribution in [1.82, 2.24) is 4.31 Å². The number of nitrogens with one attached hydrogen (secondary N) is 1. The highest BCUT2D eigenvalue weighted by Gasteiger charge is 2.37. The lowest BCUT2D eigenvalue weighted by Gasteiger charge is -2.25. The Balaban J connectivity index is 1.87. The number of hydrogen-bond acceptors (Lipinski definition) is 3. The van der Waals surface area contributed by atoms with E-state index in [4.69, 9.17) is 0 Å². The van der Waals surface area contributed by atoms with Crippen LogP contribution in [-0.4, -0.2) is 25.2 Å². The first-order chi connectivity index (χ1) is 12.4. The number of sulfonamides is 1. The number of amides is 1.